The fourth-order valence-corrected chi connectivity index (χ4v) is 3.23. The van der Waals surface area contributed by atoms with Crippen LogP contribution in [-0.4, -0.2) is 31.6 Å². The summed E-state index contributed by atoms with van der Waals surface area (Å²) in [5.41, 5.74) is 1.48. The van der Waals surface area contributed by atoms with Crippen LogP contribution >= 0.6 is 11.8 Å². The van der Waals surface area contributed by atoms with Gasteiger partial charge in [-0.15, -0.1) is 11.8 Å². The molecule has 2 nitrogen and oxygen atoms in total. The van der Waals surface area contributed by atoms with Gasteiger partial charge < -0.3 is 10.1 Å². The molecular formula is C12H15NOS. The Bertz CT molecular complexity index is 351. The summed E-state index contributed by atoms with van der Waals surface area (Å²) in [6, 6.07) is 8.70. The van der Waals surface area contributed by atoms with Gasteiger partial charge in [-0.3, -0.25) is 0 Å². The summed E-state index contributed by atoms with van der Waals surface area (Å²) in [6.07, 6.45) is 0.461. The average molecular weight is 221 g/mol. The van der Waals surface area contributed by atoms with Gasteiger partial charge in [0, 0.05) is 29.7 Å². The van der Waals surface area contributed by atoms with Crippen LogP contribution in [0, 0.1) is 0 Å². The monoisotopic (exact) mass is 221 g/mol. The lowest BCUT2D eigenvalue weighted by Crippen LogP contribution is -2.48. The van der Waals surface area contributed by atoms with Crippen molar-refractivity contribution in [2.75, 3.05) is 25.4 Å². The Hall–Kier alpha value is -0.510. The largest absolute Gasteiger partial charge is 0.375 e. The van der Waals surface area contributed by atoms with Gasteiger partial charge in [-0.05, 0) is 11.6 Å². The summed E-state index contributed by atoms with van der Waals surface area (Å²) >= 11 is 1.96. The molecule has 2 heterocycles. The molecule has 0 aliphatic carbocycles. The molecule has 1 unspecified atom stereocenters. The zero-order chi connectivity index (χ0) is 10.1. The molecule has 2 aliphatic rings. The molecule has 0 saturated carbocycles. The molecule has 80 valence electrons. The van der Waals surface area contributed by atoms with Gasteiger partial charge >= 0.3 is 0 Å². The molecule has 0 spiro atoms. The SMILES string of the molecule is c1ccc2c(c1)SCC2COC1CNC1. The number of fused-ring (bicyclic) bond motifs is 1. The second-order valence-electron chi connectivity index (χ2n) is 4.16. The van der Waals surface area contributed by atoms with Crippen LogP contribution in [0.5, 0.6) is 0 Å². The van der Waals surface area contributed by atoms with Crippen molar-refractivity contribution in [3.05, 3.63) is 29.8 Å². The van der Waals surface area contributed by atoms with Gasteiger partial charge in [-0.25, -0.2) is 0 Å². The lowest BCUT2D eigenvalue weighted by atomic mass is 10.0. The first-order chi connectivity index (χ1) is 7.43. The van der Waals surface area contributed by atoms with Crippen molar-refractivity contribution in [1.29, 1.82) is 0 Å². The number of hydrogen-bond donors (Lipinski definition) is 1. The quantitative estimate of drug-likeness (QED) is 0.842. The Morgan fingerprint density at radius 1 is 1.33 bits per heavy atom. The van der Waals surface area contributed by atoms with Crippen LogP contribution < -0.4 is 5.32 Å². The van der Waals surface area contributed by atoms with Crippen molar-refractivity contribution in [3.63, 3.8) is 0 Å². The number of nitrogens with one attached hydrogen (secondary N) is 1. The van der Waals surface area contributed by atoms with Gasteiger partial charge in [-0.1, -0.05) is 18.2 Å². The second kappa shape index (κ2) is 4.16. The second-order valence-corrected chi connectivity index (χ2v) is 5.22. The molecule has 0 amide bonds. The van der Waals surface area contributed by atoms with E-state index in [1.807, 2.05) is 11.8 Å². The highest BCUT2D eigenvalue weighted by Gasteiger charge is 2.25. The van der Waals surface area contributed by atoms with Crippen molar-refractivity contribution in [2.24, 2.45) is 0 Å². The standard InChI is InChI=1S/C12H15NOS/c1-2-4-12-11(3-1)9(8-15-12)7-14-10-5-13-6-10/h1-4,9-10,13H,5-8H2. The normalized spacial score (nSPS) is 24.9. The maximum Gasteiger partial charge on any atom is 0.0823 e. The summed E-state index contributed by atoms with van der Waals surface area (Å²) in [5, 5.41) is 3.23. The van der Waals surface area contributed by atoms with Crippen molar-refractivity contribution < 1.29 is 4.74 Å². The van der Waals surface area contributed by atoms with Crippen molar-refractivity contribution in [1.82, 2.24) is 5.32 Å². The Morgan fingerprint density at radius 2 is 2.20 bits per heavy atom. The van der Waals surface area contributed by atoms with Gasteiger partial charge in [0.1, 0.15) is 0 Å². The Labute approximate surface area is 94.4 Å². The predicted octanol–water partition coefficient (Wildman–Crippen LogP) is 1.86. The van der Waals surface area contributed by atoms with Gasteiger partial charge in [0.25, 0.3) is 0 Å². The molecule has 1 atom stereocenters. The van der Waals surface area contributed by atoms with E-state index < -0.39 is 0 Å². The molecule has 0 radical (unpaired) electrons. The van der Waals surface area contributed by atoms with E-state index in [0.717, 1.165) is 19.7 Å². The highest BCUT2D eigenvalue weighted by molar-refractivity contribution is 7.99. The Balaban J connectivity index is 1.63. The predicted molar refractivity (Wildman–Crippen MR) is 62.5 cm³/mol. The first-order valence-corrected chi connectivity index (χ1v) is 6.46. The summed E-state index contributed by atoms with van der Waals surface area (Å²) in [5.74, 6) is 1.78. The molecule has 1 saturated heterocycles. The van der Waals surface area contributed by atoms with E-state index in [4.69, 9.17) is 4.74 Å². The average Bonchev–Trinajstić information content (AvgIpc) is 2.60. The highest BCUT2D eigenvalue weighted by atomic mass is 32.2. The van der Waals surface area contributed by atoms with Gasteiger partial charge in [-0.2, -0.15) is 0 Å². The lowest BCUT2D eigenvalue weighted by molar-refractivity contribution is 0.0135. The van der Waals surface area contributed by atoms with E-state index >= 15 is 0 Å². The molecule has 0 bridgehead atoms. The maximum atomic E-state index is 5.84. The number of rotatable bonds is 3. The van der Waals surface area contributed by atoms with E-state index in [2.05, 4.69) is 29.6 Å². The third-order valence-corrected chi connectivity index (χ3v) is 4.33. The van der Waals surface area contributed by atoms with Crippen molar-refractivity contribution >= 4 is 11.8 Å². The molecule has 1 aromatic rings. The van der Waals surface area contributed by atoms with Crippen LogP contribution in [0.3, 0.4) is 0 Å². The van der Waals surface area contributed by atoms with Crippen molar-refractivity contribution in [3.8, 4) is 0 Å². The first kappa shape index (κ1) is 9.70. The minimum absolute atomic E-state index is 0.461. The Morgan fingerprint density at radius 3 is 3.00 bits per heavy atom. The molecule has 0 aromatic heterocycles. The molecule has 1 aromatic carbocycles. The molecule has 1 N–H and O–H groups in total. The summed E-state index contributed by atoms with van der Waals surface area (Å²) < 4.78 is 5.84. The van der Waals surface area contributed by atoms with Crippen LogP contribution in [-0.2, 0) is 4.74 Å². The van der Waals surface area contributed by atoms with Crippen LogP contribution in [0.15, 0.2) is 29.2 Å². The number of benzene rings is 1. The smallest absolute Gasteiger partial charge is 0.0823 e. The maximum absolute atomic E-state index is 5.84. The van der Waals surface area contributed by atoms with Gasteiger partial charge in [0.2, 0.25) is 0 Å². The minimum Gasteiger partial charge on any atom is -0.375 e. The summed E-state index contributed by atoms with van der Waals surface area (Å²) in [4.78, 5) is 1.44. The Kier molecular flexibility index (Phi) is 2.69. The van der Waals surface area contributed by atoms with E-state index in [1.54, 1.807) is 0 Å². The number of hydrogen-bond acceptors (Lipinski definition) is 3. The zero-order valence-corrected chi connectivity index (χ0v) is 9.43. The molecule has 3 heteroatoms. The number of thioether (sulfide) groups is 1. The molecule has 2 aliphatic heterocycles. The molecule has 1 fully saturated rings. The van der Waals surface area contributed by atoms with Crippen LogP contribution in [0.4, 0.5) is 0 Å². The lowest BCUT2D eigenvalue weighted by Gasteiger charge is -2.28. The van der Waals surface area contributed by atoms with Crippen LogP contribution in [0.2, 0.25) is 0 Å². The highest BCUT2D eigenvalue weighted by Crippen LogP contribution is 2.39. The summed E-state index contributed by atoms with van der Waals surface area (Å²) in [6.45, 7) is 2.94. The van der Waals surface area contributed by atoms with E-state index in [1.165, 1.54) is 16.2 Å². The van der Waals surface area contributed by atoms with Gasteiger partial charge in [0.15, 0.2) is 0 Å². The fourth-order valence-electron chi connectivity index (χ4n) is 2.00. The van der Waals surface area contributed by atoms with Crippen molar-refractivity contribution in [2.45, 2.75) is 16.9 Å². The van der Waals surface area contributed by atoms with Crippen LogP contribution in [0.1, 0.15) is 11.5 Å². The van der Waals surface area contributed by atoms with Crippen LogP contribution in [0.25, 0.3) is 0 Å². The van der Waals surface area contributed by atoms with E-state index in [9.17, 15) is 0 Å². The van der Waals surface area contributed by atoms with Gasteiger partial charge in [0.05, 0.1) is 12.7 Å². The van der Waals surface area contributed by atoms with E-state index in [-0.39, 0.29) is 0 Å². The summed E-state index contributed by atoms with van der Waals surface area (Å²) in [7, 11) is 0. The first-order valence-electron chi connectivity index (χ1n) is 5.47. The third kappa shape index (κ3) is 1.92. The number of ether oxygens (including phenoxy) is 1. The topological polar surface area (TPSA) is 21.3 Å². The third-order valence-electron chi connectivity index (χ3n) is 3.08. The molecule has 3 rings (SSSR count). The molecule has 15 heavy (non-hydrogen) atoms. The fraction of sp³-hybridized carbons (Fsp3) is 0.500. The zero-order valence-electron chi connectivity index (χ0n) is 8.61. The van der Waals surface area contributed by atoms with E-state index in [0.29, 0.717) is 12.0 Å². The minimum atomic E-state index is 0.461. The molecular weight excluding hydrogens is 206 g/mol.